The van der Waals surface area contributed by atoms with Crippen molar-refractivity contribution in [2.24, 2.45) is 5.73 Å². The molecule has 4 rings (SSSR count). The molecule has 0 amide bonds. The number of hydrogen-bond donors (Lipinski definition) is 3. The van der Waals surface area contributed by atoms with E-state index in [-0.39, 0.29) is 5.65 Å². The number of aromatic nitrogens is 3. The lowest BCUT2D eigenvalue weighted by Gasteiger charge is -2.10. The van der Waals surface area contributed by atoms with Crippen LogP contribution in [0.1, 0.15) is 5.56 Å². The van der Waals surface area contributed by atoms with Gasteiger partial charge in [-0.25, -0.2) is 9.78 Å². The van der Waals surface area contributed by atoms with Crippen molar-refractivity contribution in [1.29, 1.82) is 0 Å². The zero-order valence-corrected chi connectivity index (χ0v) is 14.3. The van der Waals surface area contributed by atoms with Gasteiger partial charge in [-0.15, -0.1) is 4.73 Å². The monoisotopic (exact) mass is 359 g/mol. The summed E-state index contributed by atoms with van der Waals surface area (Å²) < 4.78 is 0.439. The fraction of sp³-hybridized carbons (Fsp3) is 0.0500. The van der Waals surface area contributed by atoms with Crippen molar-refractivity contribution < 1.29 is 5.21 Å². The zero-order valence-electron chi connectivity index (χ0n) is 14.3. The van der Waals surface area contributed by atoms with Crippen molar-refractivity contribution in [3.05, 3.63) is 82.9 Å². The molecule has 0 bridgehead atoms. The van der Waals surface area contributed by atoms with Crippen molar-refractivity contribution in [3.8, 4) is 11.1 Å². The van der Waals surface area contributed by atoms with Crippen molar-refractivity contribution in [3.63, 3.8) is 0 Å². The normalized spacial score (nSPS) is 10.9. The SMILES string of the molecule is NCc1ccc(-c2ccc(Nc3nc(=O)n(O)c4ncccc34)cc2)cc1. The Kier molecular flexibility index (Phi) is 4.27. The van der Waals surface area contributed by atoms with Crippen LogP contribution in [0.5, 0.6) is 0 Å². The smallest absolute Gasteiger partial charge is 0.384 e. The van der Waals surface area contributed by atoms with E-state index < -0.39 is 5.69 Å². The molecule has 134 valence electrons. The maximum atomic E-state index is 11.8. The second-order valence-corrected chi connectivity index (χ2v) is 6.03. The van der Waals surface area contributed by atoms with Crippen molar-refractivity contribution >= 4 is 22.5 Å². The van der Waals surface area contributed by atoms with Gasteiger partial charge in [-0.2, -0.15) is 4.98 Å². The number of pyridine rings is 1. The van der Waals surface area contributed by atoms with Gasteiger partial charge in [-0.05, 0) is 41.0 Å². The first kappa shape index (κ1) is 16.7. The number of nitrogens with zero attached hydrogens (tertiary/aromatic N) is 3. The van der Waals surface area contributed by atoms with Crippen LogP contribution in [-0.4, -0.2) is 19.9 Å². The molecule has 0 fully saturated rings. The number of rotatable bonds is 4. The minimum Gasteiger partial charge on any atom is -0.422 e. The Morgan fingerprint density at radius 3 is 2.33 bits per heavy atom. The Bertz CT molecular complexity index is 1150. The summed E-state index contributed by atoms with van der Waals surface area (Å²) in [6, 6.07) is 19.3. The van der Waals surface area contributed by atoms with E-state index in [0.29, 0.717) is 22.5 Å². The highest BCUT2D eigenvalue weighted by atomic mass is 16.5. The summed E-state index contributed by atoms with van der Waals surface area (Å²) in [4.78, 5) is 19.8. The maximum absolute atomic E-state index is 11.8. The number of hydrogen-bond acceptors (Lipinski definition) is 6. The van der Waals surface area contributed by atoms with Crippen LogP contribution in [0.25, 0.3) is 22.2 Å². The minimum atomic E-state index is -0.791. The number of benzene rings is 2. The molecular formula is C20H17N5O2. The molecule has 0 unspecified atom stereocenters. The lowest BCUT2D eigenvalue weighted by molar-refractivity contribution is 0.182. The summed E-state index contributed by atoms with van der Waals surface area (Å²) in [5.74, 6) is 0.341. The lowest BCUT2D eigenvalue weighted by atomic mass is 10.0. The van der Waals surface area contributed by atoms with Crippen LogP contribution >= 0.6 is 0 Å². The summed E-state index contributed by atoms with van der Waals surface area (Å²) in [6.07, 6.45) is 1.50. The fourth-order valence-corrected chi connectivity index (χ4v) is 2.86. The highest BCUT2D eigenvalue weighted by Gasteiger charge is 2.10. The fourth-order valence-electron chi connectivity index (χ4n) is 2.86. The number of nitrogens with two attached hydrogens (primary N) is 1. The van der Waals surface area contributed by atoms with E-state index in [1.165, 1.54) is 6.20 Å². The van der Waals surface area contributed by atoms with Gasteiger partial charge in [0.1, 0.15) is 5.82 Å². The topological polar surface area (TPSA) is 106 Å². The molecule has 2 heterocycles. The third-order valence-corrected chi connectivity index (χ3v) is 4.30. The number of fused-ring (bicyclic) bond motifs is 1. The number of nitrogens with one attached hydrogen (secondary N) is 1. The minimum absolute atomic E-state index is 0.150. The molecule has 27 heavy (non-hydrogen) atoms. The molecule has 0 aliphatic carbocycles. The van der Waals surface area contributed by atoms with Gasteiger partial charge in [0.2, 0.25) is 0 Å². The largest absolute Gasteiger partial charge is 0.422 e. The molecule has 4 aromatic rings. The van der Waals surface area contributed by atoms with E-state index in [1.807, 2.05) is 48.5 Å². The van der Waals surface area contributed by atoms with Crippen molar-refractivity contribution in [1.82, 2.24) is 14.7 Å². The summed E-state index contributed by atoms with van der Waals surface area (Å²) in [5.41, 5.74) is 9.00. The van der Waals surface area contributed by atoms with Crippen LogP contribution in [-0.2, 0) is 6.54 Å². The Hall–Kier alpha value is -3.71. The molecule has 7 nitrogen and oxygen atoms in total. The van der Waals surface area contributed by atoms with Gasteiger partial charge in [-0.3, -0.25) is 0 Å². The molecule has 2 aromatic carbocycles. The molecule has 7 heteroatoms. The highest BCUT2D eigenvalue weighted by Crippen LogP contribution is 2.25. The van der Waals surface area contributed by atoms with Gasteiger partial charge in [0.25, 0.3) is 0 Å². The summed E-state index contributed by atoms with van der Waals surface area (Å²) >= 11 is 0. The average Bonchev–Trinajstić information content (AvgIpc) is 2.72. The third kappa shape index (κ3) is 3.23. The molecule has 4 N–H and O–H groups in total. The predicted molar refractivity (Wildman–Crippen MR) is 104 cm³/mol. The first-order valence-electron chi connectivity index (χ1n) is 8.39. The van der Waals surface area contributed by atoms with Crippen molar-refractivity contribution in [2.75, 3.05) is 5.32 Å². The van der Waals surface area contributed by atoms with Crippen LogP contribution < -0.4 is 16.7 Å². The first-order chi connectivity index (χ1) is 13.2. The molecule has 0 aliphatic heterocycles. The van der Waals surface area contributed by atoms with Gasteiger partial charge >= 0.3 is 5.69 Å². The molecule has 0 atom stereocenters. The van der Waals surface area contributed by atoms with Crippen LogP contribution in [0.3, 0.4) is 0 Å². The molecule has 0 saturated heterocycles. The van der Waals surface area contributed by atoms with E-state index >= 15 is 0 Å². The van der Waals surface area contributed by atoms with E-state index in [0.717, 1.165) is 22.4 Å². The Morgan fingerprint density at radius 1 is 1.00 bits per heavy atom. The zero-order chi connectivity index (χ0) is 18.8. The Labute approximate surface area is 154 Å². The summed E-state index contributed by atoms with van der Waals surface area (Å²) in [7, 11) is 0. The molecule has 2 aromatic heterocycles. The van der Waals surface area contributed by atoms with Crippen LogP contribution in [0.4, 0.5) is 11.5 Å². The van der Waals surface area contributed by atoms with E-state index in [4.69, 9.17) is 5.73 Å². The summed E-state index contributed by atoms with van der Waals surface area (Å²) in [6.45, 7) is 0.519. The molecular weight excluding hydrogens is 342 g/mol. The van der Waals surface area contributed by atoms with Gasteiger partial charge in [0.15, 0.2) is 5.65 Å². The van der Waals surface area contributed by atoms with Gasteiger partial charge in [-0.1, -0.05) is 36.4 Å². The third-order valence-electron chi connectivity index (χ3n) is 4.30. The standard InChI is InChI=1S/C20H17N5O2/c21-12-13-3-5-14(6-4-13)15-7-9-16(10-8-15)23-18-17-2-1-11-22-19(17)25(27)20(26)24-18/h1-11,27H,12,21H2,(H,23,24,26). The van der Waals surface area contributed by atoms with E-state index in [1.54, 1.807) is 12.1 Å². The predicted octanol–water partition coefficient (Wildman–Crippen LogP) is 2.90. The van der Waals surface area contributed by atoms with Gasteiger partial charge in [0, 0.05) is 18.4 Å². The van der Waals surface area contributed by atoms with Gasteiger partial charge in [0.05, 0.1) is 5.39 Å². The maximum Gasteiger partial charge on any atom is 0.384 e. The van der Waals surface area contributed by atoms with Gasteiger partial charge < -0.3 is 16.3 Å². The second kappa shape index (κ2) is 6.89. The van der Waals surface area contributed by atoms with Crippen LogP contribution in [0, 0.1) is 0 Å². The molecule has 0 aliphatic rings. The summed E-state index contributed by atoms with van der Waals surface area (Å²) in [5, 5.41) is 13.5. The average molecular weight is 359 g/mol. The highest BCUT2D eigenvalue weighted by molar-refractivity contribution is 5.88. The van der Waals surface area contributed by atoms with E-state index in [9.17, 15) is 10.0 Å². The molecule has 0 radical (unpaired) electrons. The number of anilines is 2. The lowest BCUT2D eigenvalue weighted by Crippen LogP contribution is -2.23. The van der Waals surface area contributed by atoms with E-state index in [2.05, 4.69) is 15.3 Å². The Balaban J connectivity index is 1.65. The van der Waals surface area contributed by atoms with Crippen molar-refractivity contribution in [2.45, 2.75) is 6.54 Å². The second-order valence-electron chi connectivity index (χ2n) is 6.03. The quantitative estimate of drug-likeness (QED) is 0.484. The first-order valence-corrected chi connectivity index (χ1v) is 8.39. The van der Waals surface area contributed by atoms with Crippen LogP contribution in [0.2, 0.25) is 0 Å². The molecule has 0 saturated carbocycles. The van der Waals surface area contributed by atoms with Crippen LogP contribution in [0.15, 0.2) is 71.7 Å². The molecule has 0 spiro atoms. The Morgan fingerprint density at radius 2 is 1.67 bits per heavy atom.